The summed E-state index contributed by atoms with van der Waals surface area (Å²) < 4.78 is 65.2. The Morgan fingerprint density at radius 1 is 1.08 bits per heavy atom. The third-order valence-corrected chi connectivity index (χ3v) is 3.65. The minimum Gasteiger partial charge on any atom is -0.362 e. The average molecular weight is 356 g/mol. The van der Waals surface area contributed by atoms with E-state index in [4.69, 9.17) is 0 Å². The molecule has 0 N–H and O–H groups in total. The molecule has 0 saturated heterocycles. The first-order valence-electron chi connectivity index (χ1n) is 7.26. The number of hydrogen-bond donors (Lipinski definition) is 0. The Labute approximate surface area is 140 Å². The summed E-state index contributed by atoms with van der Waals surface area (Å²) in [6.45, 7) is 1.15. The van der Waals surface area contributed by atoms with Crippen LogP contribution in [0, 0.1) is 11.6 Å². The maximum absolute atomic E-state index is 13.5. The molecule has 25 heavy (non-hydrogen) atoms. The van der Waals surface area contributed by atoms with Gasteiger partial charge in [0.25, 0.3) is 0 Å². The lowest BCUT2D eigenvalue weighted by Gasteiger charge is -2.17. The Bertz CT molecular complexity index is 801. The van der Waals surface area contributed by atoms with Crippen molar-refractivity contribution >= 4 is 0 Å². The van der Waals surface area contributed by atoms with Crippen molar-refractivity contribution in [3.8, 4) is 11.3 Å². The molecule has 1 aliphatic rings. The Morgan fingerprint density at radius 3 is 2.40 bits per heavy atom. The van der Waals surface area contributed by atoms with Crippen molar-refractivity contribution < 1.29 is 22.0 Å². The minimum atomic E-state index is -5.00. The van der Waals surface area contributed by atoms with Crippen LogP contribution in [0.4, 0.5) is 22.0 Å². The minimum absolute atomic E-state index is 0.0298. The lowest BCUT2D eigenvalue weighted by molar-refractivity contribution is -0.140. The second kappa shape index (κ2) is 6.30. The summed E-state index contributed by atoms with van der Waals surface area (Å²) in [5.41, 5.74) is -1.23. The van der Waals surface area contributed by atoms with Gasteiger partial charge in [-0.3, -0.25) is 0 Å². The van der Waals surface area contributed by atoms with Crippen molar-refractivity contribution in [3.63, 3.8) is 0 Å². The molecular formula is C16H13F5N4. The van der Waals surface area contributed by atoms with Crippen LogP contribution in [-0.4, -0.2) is 33.7 Å². The third kappa shape index (κ3) is 3.70. The fourth-order valence-corrected chi connectivity index (χ4v) is 2.44. The number of halogens is 5. The van der Waals surface area contributed by atoms with E-state index in [0.717, 1.165) is 0 Å². The largest absolute Gasteiger partial charge is 0.419 e. The second-order valence-electron chi connectivity index (χ2n) is 5.67. The molecule has 2 aromatic rings. The van der Waals surface area contributed by atoms with Crippen molar-refractivity contribution in [2.45, 2.75) is 12.7 Å². The quantitative estimate of drug-likeness (QED) is 0.787. The van der Waals surface area contributed by atoms with Crippen LogP contribution < -0.4 is 0 Å². The molecule has 0 saturated carbocycles. The van der Waals surface area contributed by atoms with Gasteiger partial charge in [0.15, 0.2) is 11.6 Å². The highest BCUT2D eigenvalue weighted by Crippen LogP contribution is 2.35. The van der Waals surface area contributed by atoms with E-state index in [-0.39, 0.29) is 11.3 Å². The van der Waals surface area contributed by atoms with Crippen LogP contribution >= 0.6 is 0 Å². The van der Waals surface area contributed by atoms with Gasteiger partial charge in [-0.15, -0.1) is 0 Å². The molecule has 1 aliphatic heterocycles. The normalized spacial score (nSPS) is 14.5. The van der Waals surface area contributed by atoms with Gasteiger partial charge in [-0.25, -0.2) is 8.78 Å². The Hall–Kier alpha value is -2.71. The summed E-state index contributed by atoms with van der Waals surface area (Å²) in [6.07, 6.45) is -1.23. The molecule has 2 heterocycles. The molecule has 0 bridgehead atoms. The predicted molar refractivity (Wildman–Crippen MR) is 79.7 cm³/mol. The van der Waals surface area contributed by atoms with Gasteiger partial charge in [-0.1, -0.05) is 0 Å². The van der Waals surface area contributed by atoms with Crippen LogP contribution in [0.2, 0.25) is 0 Å². The van der Waals surface area contributed by atoms with Crippen molar-refractivity contribution in [1.29, 1.82) is 0 Å². The number of alkyl halides is 3. The number of hydrogen-bond acceptors (Lipinski definition) is 4. The molecule has 0 unspecified atom stereocenters. The first kappa shape index (κ1) is 17.1. The van der Waals surface area contributed by atoms with Gasteiger partial charge in [0, 0.05) is 25.0 Å². The van der Waals surface area contributed by atoms with Gasteiger partial charge in [0.05, 0.1) is 30.2 Å². The predicted octanol–water partition coefficient (Wildman–Crippen LogP) is 3.62. The molecule has 0 spiro atoms. The van der Waals surface area contributed by atoms with Crippen LogP contribution in [0.25, 0.3) is 11.3 Å². The Balaban J connectivity index is 1.85. The van der Waals surface area contributed by atoms with E-state index in [1.54, 1.807) is 6.07 Å². The summed E-state index contributed by atoms with van der Waals surface area (Å²) in [7, 11) is 1.91. The van der Waals surface area contributed by atoms with Crippen molar-refractivity contribution in [3.05, 3.63) is 59.6 Å². The van der Waals surface area contributed by atoms with E-state index in [2.05, 4.69) is 10.2 Å². The SMILES string of the molecule is CN1C=CN(Cc2ccc(-c3cc(F)c(F)c(C(F)(F)F)c3)nn2)C1. The zero-order valence-electron chi connectivity index (χ0n) is 13.1. The van der Waals surface area contributed by atoms with Gasteiger partial charge in [0.1, 0.15) is 0 Å². The molecule has 132 valence electrons. The van der Waals surface area contributed by atoms with Crippen molar-refractivity contribution in [2.24, 2.45) is 0 Å². The van der Waals surface area contributed by atoms with E-state index < -0.39 is 23.4 Å². The molecule has 4 nitrogen and oxygen atoms in total. The zero-order chi connectivity index (χ0) is 18.2. The fourth-order valence-electron chi connectivity index (χ4n) is 2.44. The molecule has 0 atom stereocenters. The highest BCUT2D eigenvalue weighted by atomic mass is 19.4. The highest BCUT2D eigenvalue weighted by Gasteiger charge is 2.36. The third-order valence-electron chi connectivity index (χ3n) is 3.65. The number of rotatable bonds is 3. The maximum Gasteiger partial charge on any atom is 0.419 e. The first-order valence-corrected chi connectivity index (χ1v) is 7.26. The lowest BCUT2D eigenvalue weighted by Crippen LogP contribution is -2.22. The first-order chi connectivity index (χ1) is 11.7. The van der Waals surface area contributed by atoms with Crippen LogP contribution in [0.5, 0.6) is 0 Å². The Morgan fingerprint density at radius 2 is 1.84 bits per heavy atom. The van der Waals surface area contributed by atoms with Crippen LogP contribution in [0.3, 0.4) is 0 Å². The topological polar surface area (TPSA) is 32.3 Å². The average Bonchev–Trinajstić information content (AvgIpc) is 2.94. The molecule has 1 aromatic heterocycles. The smallest absolute Gasteiger partial charge is 0.362 e. The summed E-state index contributed by atoms with van der Waals surface area (Å²) in [6, 6.07) is 4.22. The van der Waals surface area contributed by atoms with Gasteiger partial charge >= 0.3 is 6.18 Å². The van der Waals surface area contributed by atoms with Crippen LogP contribution in [0.1, 0.15) is 11.3 Å². The van der Waals surface area contributed by atoms with Crippen LogP contribution in [0.15, 0.2) is 36.7 Å². The van der Waals surface area contributed by atoms with E-state index in [9.17, 15) is 22.0 Å². The molecule has 0 fully saturated rings. The zero-order valence-corrected chi connectivity index (χ0v) is 13.1. The lowest BCUT2D eigenvalue weighted by atomic mass is 10.1. The Kier molecular flexibility index (Phi) is 4.32. The van der Waals surface area contributed by atoms with E-state index in [0.29, 0.717) is 31.0 Å². The number of benzene rings is 1. The van der Waals surface area contributed by atoms with Gasteiger partial charge in [-0.2, -0.15) is 23.4 Å². The summed E-state index contributed by atoms with van der Waals surface area (Å²) in [5.74, 6) is -3.51. The summed E-state index contributed by atoms with van der Waals surface area (Å²) >= 11 is 0. The maximum atomic E-state index is 13.5. The summed E-state index contributed by atoms with van der Waals surface area (Å²) in [5, 5.41) is 7.78. The monoisotopic (exact) mass is 356 g/mol. The second-order valence-corrected chi connectivity index (χ2v) is 5.67. The standard InChI is InChI=1S/C16H13F5N4/c1-24-4-5-25(9-24)8-11-2-3-14(23-22-11)10-6-12(16(19,20)21)15(18)13(17)7-10/h2-7H,8-9H2,1H3. The molecule has 0 radical (unpaired) electrons. The summed E-state index contributed by atoms with van der Waals surface area (Å²) in [4.78, 5) is 3.92. The fraction of sp³-hybridized carbons (Fsp3) is 0.250. The number of aromatic nitrogens is 2. The van der Waals surface area contributed by atoms with Crippen molar-refractivity contribution in [2.75, 3.05) is 13.7 Å². The van der Waals surface area contributed by atoms with E-state index >= 15 is 0 Å². The molecule has 1 aromatic carbocycles. The van der Waals surface area contributed by atoms with E-state index in [1.165, 1.54) is 6.07 Å². The van der Waals surface area contributed by atoms with Gasteiger partial charge in [0.2, 0.25) is 0 Å². The molecule has 0 amide bonds. The molecular weight excluding hydrogens is 343 g/mol. The van der Waals surface area contributed by atoms with Crippen LogP contribution in [-0.2, 0) is 12.7 Å². The van der Waals surface area contributed by atoms with Gasteiger partial charge in [-0.05, 0) is 24.3 Å². The molecule has 9 heteroatoms. The molecule has 0 aliphatic carbocycles. The molecule has 3 rings (SSSR count). The van der Waals surface area contributed by atoms with Crippen molar-refractivity contribution in [1.82, 2.24) is 20.0 Å². The van der Waals surface area contributed by atoms with Gasteiger partial charge < -0.3 is 9.80 Å². The van der Waals surface area contributed by atoms with E-state index in [1.807, 2.05) is 29.2 Å². The highest BCUT2D eigenvalue weighted by molar-refractivity contribution is 5.60. The number of nitrogens with zero attached hydrogens (tertiary/aromatic N) is 4.